The Morgan fingerprint density at radius 3 is 2.44 bits per heavy atom. The molecule has 2 heterocycles. The van der Waals surface area contributed by atoms with Gasteiger partial charge in [0.2, 0.25) is 0 Å². The molecule has 0 aliphatic heterocycles. The molecule has 0 radical (unpaired) electrons. The third-order valence-corrected chi connectivity index (χ3v) is 7.50. The van der Waals surface area contributed by atoms with Crippen LogP contribution in [-0.4, -0.2) is 4.98 Å². The summed E-state index contributed by atoms with van der Waals surface area (Å²) in [6.45, 7) is 0. The van der Waals surface area contributed by atoms with Gasteiger partial charge in [0.15, 0.2) is 0 Å². The summed E-state index contributed by atoms with van der Waals surface area (Å²) in [5.74, 6) is 0. The number of hydrogen-bond acceptors (Lipinski definition) is 3. The fraction of sp³-hybridized carbons (Fsp3) is 0. The molecule has 1 nitrogen and oxygen atoms in total. The minimum absolute atomic E-state index is 0.767. The van der Waals surface area contributed by atoms with Gasteiger partial charge in [0.1, 0.15) is 10.5 Å². The monoisotopic (exact) mass is 401 g/mol. The van der Waals surface area contributed by atoms with Crippen LogP contribution in [0.2, 0.25) is 5.02 Å². The fourth-order valence-corrected chi connectivity index (χ4v) is 6.36. The molecule has 0 N–H and O–H groups in total. The first-order valence-corrected chi connectivity index (χ1v) is 10.7. The number of benzene rings is 4. The van der Waals surface area contributed by atoms with Crippen molar-refractivity contribution in [3.8, 4) is 10.6 Å². The lowest BCUT2D eigenvalue weighted by molar-refractivity contribution is 1.49. The Morgan fingerprint density at radius 1 is 0.704 bits per heavy atom. The van der Waals surface area contributed by atoms with E-state index in [4.69, 9.17) is 16.6 Å². The Hall–Kier alpha value is -2.46. The van der Waals surface area contributed by atoms with Gasteiger partial charge in [0.25, 0.3) is 0 Å². The smallest absolute Gasteiger partial charge is 0.124 e. The Balaban J connectivity index is 1.62. The summed E-state index contributed by atoms with van der Waals surface area (Å²) in [7, 11) is 0. The first-order valence-electron chi connectivity index (χ1n) is 8.67. The predicted octanol–water partition coefficient (Wildman–Crippen LogP) is 8.14. The van der Waals surface area contributed by atoms with E-state index in [-0.39, 0.29) is 0 Å². The van der Waals surface area contributed by atoms with E-state index in [1.165, 1.54) is 25.6 Å². The Labute approximate surface area is 168 Å². The lowest BCUT2D eigenvalue weighted by Crippen LogP contribution is -1.78. The van der Waals surface area contributed by atoms with Gasteiger partial charge < -0.3 is 0 Å². The number of halogens is 1. The molecule has 27 heavy (non-hydrogen) atoms. The number of thiophene rings is 1. The van der Waals surface area contributed by atoms with E-state index >= 15 is 0 Å². The molecule has 6 aromatic rings. The Morgan fingerprint density at radius 2 is 1.52 bits per heavy atom. The number of aromatic nitrogens is 1. The van der Waals surface area contributed by atoms with Gasteiger partial charge >= 0.3 is 0 Å². The highest BCUT2D eigenvalue weighted by Crippen LogP contribution is 2.44. The van der Waals surface area contributed by atoms with Crippen LogP contribution in [0.4, 0.5) is 0 Å². The molecular weight excluding hydrogens is 390 g/mol. The van der Waals surface area contributed by atoms with Crippen molar-refractivity contribution in [1.82, 2.24) is 4.98 Å². The number of fused-ring (bicyclic) bond motifs is 5. The summed E-state index contributed by atoms with van der Waals surface area (Å²) in [6.07, 6.45) is 0. The minimum atomic E-state index is 0.767. The van der Waals surface area contributed by atoms with Crippen molar-refractivity contribution in [2.45, 2.75) is 0 Å². The van der Waals surface area contributed by atoms with E-state index in [2.05, 4.69) is 72.8 Å². The van der Waals surface area contributed by atoms with Crippen molar-refractivity contribution in [3.05, 3.63) is 77.8 Å². The van der Waals surface area contributed by atoms with Crippen LogP contribution < -0.4 is 0 Å². The molecule has 6 rings (SSSR count). The Kier molecular flexibility index (Phi) is 3.33. The van der Waals surface area contributed by atoms with Gasteiger partial charge in [-0.05, 0) is 29.0 Å². The molecular formula is C23H12ClNS2. The summed E-state index contributed by atoms with van der Waals surface area (Å²) < 4.78 is 3.63. The topological polar surface area (TPSA) is 12.9 Å². The summed E-state index contributed by atoms with van der Waals surface area (Å²) >= 11 is 10.3. The van der Waals surface area contributed by atoms with Crippen LogP contribution in [0.15, 0.2) is 72.8 Å². The third kappa shape index (κ3) is 2.32. The molecule has 0 fully saturated rings. The summed E-state index contributed by atoms with van der Waals surface area (Å²) in [6, 6.07) is 25.6. The summed E-state index contributed by atoms with van der Waals surface area (Å²) in [5.41, 5.74) is 2.04. The lowest BCUT2D eigenvalue weighted by Gasteiger charge is -2.00. The van der Waals surface area contributed by atoms with Gasteiger partial charge in [-0.25, -0.2) is 4.98 Å². The van der Waals surface area contributed by atoms with Gasteiger partial charge in [-0.15, -0.1) is 22.7 Å². The van der Waals surface area contributed by atoms with Crippen LogP contribution in [0.25, 0.3) is 51.7 Å². The van der Waals surface area contributed by atoms with Crippen LogP contribution in [0.1, 0.15) is 0 Å². The average Bonchev–Trinajstić information content (AvgIpc) is 3.29. The summed E-state index contributed by atoms with van der Waals surface area (Å²) in [4.78, 5) is 4.92. The van der Waals surface area contributed by atoms with E-state index in [1.807, 2.05) is 0 Å². The van der Waals surface area contributed by atoms with E-state index in [0.29, 0.717) is 0 Å². The van der Waals surface area contributed by atoms with Crippen LogP contribution >= 0.6 is 34.3 Å². The van der Waals surface area contributed by atoms with E-state index in [0.717, 1.165) is 31.2 Å². The van der Waals surface area contributed by atoms with Crippen molar-refractivity contribution < 1.29 is 0 Å². The molecule has 0 spiro atoms. The van der Waals surface area contributed by atoms with Gasteiger partial charge in [-0.2, -0.15) is 0 Å². The standard InChI is InChI=1S/C23H12ClNS2/c24-21-20-16-7-3-4-8-17(16)26-18(20)12-19-22(21)25-23(27-19)15-10-9-13-5-1-2-6-14(13)11-15/h1-12H. The number of thiazole rings is 1. The predicted molar refractivity (Wildman–Crippen MR) is 120 cm³/mol. The SMILES string of the molecule is Clc1c2nc(-c3ccc4ccccc4c3)sc2cc2sc3ccccc3c12. The number of hydrogen-bond donors (Lipinski definition) is 0. The zero-order valence-electron chi connectivity index (χ0n) is 14.1. The maximum absolute atomic E-state index is 6.84. The number of rotatable bonds is 1. The zero-order valence-corrected chi connectivity index (χ0v) is 16.5. The molecule has 0 amide bonds. The molecule has 0 saturated heterocycles. The van der Waals surface area contributed by atoms with E-state index in [1.54, 1.807) is 22.7 Å². The fourth-order valence-electron chi connectivity index (χ4n) is 3.66. The molecule has 0 unspecified atom stereocenters. The number of nitrogens with zero attached hydrogens (tertiary/aromatic N) is 1. The van der Waals surface area contributed by atoms with Crippen molar-refractivity contribution in [2.24, 2.45) is 0 Å². The Bertz CT molecular complexity index is 1490. The van der Waals surface area contributed by atoms with Gasteiger partial charge in [-0.1, -0.05) is 66.2 Å². The highest BCUT2D eigenvalue weighted by Gasteiger charge is 2.16. The van der Waals surface area contributed by atoms with Crippen molar-refractivity contribution >= 4 is 75.4 Å². The molecule has 2 aromatic heterocycles. The van der Waals surface area contributed by atoms with Crippen LogP contribution in [-0.2, 0) is 0 Å². The van der Waals surface area contributed by atoms with E-state index in [9.17, 15) is 0 Å². The molecule has 128 valence electrons. The maximum atomic E-state index is 6.84. The van der Waals surface area contributed by atoms with Gasteiger partial charge in [0, 0.05) is 25.7 Å². The molecule has 0 saturated carbocycles. The van der Waals surface area contributed by atoms with Crippen LogP contribution in [0, 0.1) is 0 Å². The second-order valence-electron chi connectivity index (χ2n) is 6.59. The summed E-state index contributed by atoms with van der Waals surface area (Å²) in [5, 5.41) is 6.59. The second-order valence-corrected chi connectivity index (χ2v) is 9.08. The van der Waals surface area contributed by atoms with Gasteiger partial charge in [-0.3, -0.25) is 0 Å². The van der Waals surface area contributed by atoms with Crippen molar-refractivity contribution in [2.75, 3.05) is 0 Å². The molecule has 0 aliphatic rings. The van der Waals surface area contributed by atoms with E-state index < -0.39 is 0 Å². The third-order valence-electron chi connectivity index (χ3n) is 4.96. The van der Waals surface area contributed by atoms with Gasteiger partial charge in [0.05, 0.1) is 9.72 Å². The first-order chi connectivity index (χ1) is 13.3. The quantitative estimate of drug-likeness (QED) is 0.271. The minimum Gasteiger partial charge on any atom is -0.234 e. The molecule has 0 bridgehead atoms. The van der Waals surface area contributed by atoms with Crippen LogP contribution in [0.3, 0.4) is 0 Å². The molecule has 0 atom stereocenters. The zero-order chi connectivity index (χ0) is 18.0. The van der Waals surface area contributed by atoms with Crippen LogP contribution in [0.5, 0.6) is 0 Å². The molecule has 4 aromatic carbocycles. The molecule has 4 heteroatoms. The largest absolute Gasteiger partial charge is 0.234 e. The first kappa shape index (κ1) is 15.6. The highest BCUT2D eigenvalue weighted by molar-refractivity contribution is 7.27. The lowest BCUT2D eigenvalue weighted by atomic mass is 10.1. The maximum Gasteiger partial charge on any atom is 0.124 e. The normalized spacial score (nSPS) is 11.9. The molecule has 0 aliphatic carbocycles. The van der Waals surface area contributed by atoms with Crippen molar-refractivity contribution in [3.63, 3.8) is 0 Å². The average molecular weight is 402 g/mol. The highest BCUT2D eigenvalue weighted by atomic mass is 35.5. The second kappa shape index (κ2) is 5.77. The van der Waals surface area contributed by atoms with Crippen molar-refractivity contribution in [1.29, 1.82) is 0 Å².